The first-order chi connectivity index (χ1) is 14.2. The number of anilines is 2. The zero-order chi connectivity index (χ0) is 21.9. The van der Waals surface area contributed by atoms with Crippen LogP contribution in [0.25, 0.3) is 0 Å². The molecule has 3 rings (SSSR count). The van der Waals surface area contributed by atoms with Crippen LogP contribution < -0.4 is 9.62 Å². The maximum absolute atomic E-state index is 13.3. The Morgan fingerprint density at radius 2 is 1.67 bits per heavy atom. The molecule has 0 aliphatic carbocycles. The van der Waals surface area contributed by atoms with Crippen LogP contribution in [0.1, 0.15) is 5.56 Å². The Morgan fingerprint density at radius 1 is 0.967 bits per heavy atom. The quantitative estimate of drug-likeness (QED) is 0.482. The molecule has 0 aromatic heterocycles. The van der Waals surface area contributed by atoms with Crippen LogP contribution >= 0.6 is 34.8 Å². The lowest BCUT2D eigenvalue weighted by Gasteiger charge is -2.26. The number of rotatable bonds is 6. The van der Waals surface area contributed by atoms with Crippen LogP contribution in [0, 0.1) is 6.92 Å². The molecule has 0 aliphatic rings. The first-order valence-corrected chi connectivity index (χ1v) is 11.4. The van der Waals surface area contributed by atoms with Gasteiger partial charge in [-0.3, -0.25) is 9.10 Å². The van der Waals surface area contributed by atoms with Gasteiger partial charge in [-0.25, -0.2) is 8.42 Å². The fourth-order valence-corrected chi connectivity index (χ4v) is 4.92. The summed E-state index contributed by atoms with van der Waals surface area (Å²) in [5.41, 5.74) is 1.24. The van der Waals surface area contributed by atoms with Crippen LogP contribution in [-0.4, -0.2) is 20.9 Å². The number of sulfonamides is 1. The average Bonchev–Trinajstić information content (AvgIpc) is 2.71. The lowest BCUT2D eigenvalue weighted by Crippen LogP contribution is -2.38. The van der Waals surface area contributed by atoms with E-state index in [4.69, 9.17) is 34.8 Å². The minimum atomic E-state index is -4.02. The van der Waals surface area contributed by atoms with Gasteiger partial charge in [0.15, 0.2) is 0 Å². The van der Waals surface area contributed by atoms with Crippen LogP contribution in [0.3, 0.4) is 0 Å². The number of benzene rings is 3. The minimum Gasteiger partial charge on any atom is -0.323 e. The van der Waals surface area contributed by atoms with Gasteiger partial charge in [0.1, 0.15) is 6.54 Å². The summed E-state index contributed by atoms with van der Waals surface area (Å²) in [6, 6.07) is 17.5. The van der Waals surface area contributed by atoms with Crippen molar-refractivity contribution in [2.24, 2.45) is 0 Å². The molecule has 3 aromatic carbocycles. The van der Waals surface area contributed by atoms with Gasteiger partial charge in [0.2, 0.25) is 5.91 Å². The zero-order valence-electron chi connectivity index (χ0n) is 15.8. The van der Waals surface area contributed by atoms with Gasteiger partial charge in [0.25, 0.3) is 10.0 Å². The summed E-state index contributed by atoms with van der Waals surface area (Å²) in [6.45, 7) is 1.25. The number of amides is 1. The third kappa shape index (κ3) is 4.90. The van der Waals surface area contributed by atoms with E-state index in [1.165, 1.54) is 12.1 Å². The fraction of sp³-hybridized carbons (Fsp3) is 0.0952. The van der Waals surface area contributed by atoms with E-state index < -0.39 is 22.5 Å². The molecular formula is C21H17Cl3N2O3S. The summed E-state index contributed by atoms with van der Waals surface area (Å²) in [5, 5.41) is 3.53. The van der Waals surface area contributed by atoms with Crippen LogP contribution in [-0.2, 0) is 14.8 Å². The molecule has 0 aliphatic heterocycles. The molecule has 9 heteroatoms. The highest BCUT2D eigenvalue weighted by Gasteiger charge is 2.28. The van der Waals surface area contributed by atoms with Crippen molar-refractivity contribution in [3.8, 4) is 0 Å². The average molecular weight is 484 g/mol. The summed E-state index contributed by atoms with van der Waals surface area (Å²) < 4.78 is 27.7. The molecule has 3 aromatic rings. The molecule has 0 radical (unpaired) electrons. The third-order valence-corrected chi connectivity index (χ3v) is 7.10. The van der Waals surface area contributed by atoms with Crippen molar-refractivity contribution >= 4 is 62.1 Å². The highest BCUT2D eigenvalue weighted by Crippen LogP contribution is 2.31. The largest absolute Gasteiger partial charge is 0.323 e. The predicted molar refractivity (Wildman–Crippen MR) is 122 cm³/mol. The van der Waals surface area contributed by atoms with Gasteiger partial charge in [-0.15, -0.1) is 0 Å². The molecule has 0 fully saturated rings. The van der Waals surface area contributed by atoms with Gasteiger partial charge in [-0.1, -0.05) is 59.1 Å². The SMILES string of the molecule is Cc1cc(Cl)ccc1N(CC(=O)Nc1cccc(Cl)c1Cl)S(=O)(=O)c1ccccc1. The van der Waals surface area contributed by atoms with Crippen molar-refractivity contribution < 1.29 is 13.2 Å². The van der Waals surface area contributed by atoms with Crippen LogP contribution in [0.5, 0.6) is 0 Å². The first-order valence-electron chi connectivity index (χ1n) is 8.78. The van der Waals surface area contributed by atoms with Gasteiger partial charge in [0, 0.05) is 5.02 Å². The van der Waals surface area contributed by atoms with Crippen molar-refractivity contribution in [2.45, 2.75) is 11.8 Å². The summed E-state index contributed by atoms with van der Waals surface area (Å²) in [7, 11) is -4.02. The number of hydrogen-bond acceptors (Lipinski definition) is 3. The molecule has 0 atom stereocenters. The molecule has 0 saturated carbocycles. The van der Waals surface area contributed by atoms with Crippen LogP contribution in [0.2, 0.25) is 15.1 Å². The number of carbonyl (C=O) groups excluding carboxylic acids is 1. The number of halogens is 3. The fourth-order valence-electron chi connectivity index (χ4n) is 2.84. The highest BCUT2D eigenvalue weighted by molar-refractivity contribution is 7.92. The maximum atomic E-state index is 13.3. The molecule has 0 saturated heterocycles. The molecule has 1 amide bonds. The third-order valence-electron chi connectivity index (χ3n) is 4.27. The lowest BCUT2D eigenvalue weighted by molar-refractivity contribution is -0.114. The second-order valence-corrected chi connectivity index (χ2v) is 9.49. The van der Waals surface area contributed by atoms with Crippen LogP contribution in [0.15, 0.2) is 71.6 Å². The molecule has 0 heterocycles. The summed E-state index contributed by atoms with van der Waals surface area (Å²) in [6.07, 6.45) is 0. The Balaban J connectivity index is 1.99. The van der Waals surface area contributed by atoms with Crippen molar-refractivity contribution in [3.63, 3.8) is 0 Å². The van der Waals surface area contributed by atoms with E-state index in [9.17, 15) is 13.2 Å². The number of nitrogens with one attached hydrogen (secondary N) is 1. The Morgan fingerprint density at radius 3 is 2.33 bits per heavy atom. The second-order valence-electron chi connectivity index (χ2n) is 6.41. The summed E-state index contributed by atoms with van der Waals surface area (Å²) in [4.78, 5) is 12.8. The van der Waals surface area contributed by atoms with Crippen molar-refractivity contribution in [1.82, 2.24) is 0 Å². The Hall–Kier alpha value is -2.25. The summed E-state index contributed by atoms with van der Waals surface area (Å²) >= 11 is 18.1. The highest BCUT2D eigenvalue weighted by atomic mass is 35.5. The first kappa shape index (κ1) is 22.4. The molecule has 5 nitrogen and oxygen atoms in total. The Bertz CT molecular complexity index is 1190. The lowest BCUT2D eigenvalue weighted by atomic mass is 10.2. The standard InChI is InChI=1S/C21H17Cl3N2O3S/c1-14-12-15(22)10-11-19(14)26(30(28,29)16-6-3-2-4-7-16)13-20(27)25-18-9-5-8-17(23)21(18)24/h2-12H,13H2,1H3,(H,25,27). The molecule has 30 heavy (non-hydrogen) atoms. The minimum absolute atomic E-state index is 0.0629. The van der Waals surface area contributed by atoms with E-state index in [2.05, 4.69) is 5.32 Å². The van der Waals surface area contributed by atoms with Crippen molar-refractivity contribution in [2.75, 3.05) is 16.2 Å². The van der Waals surface area contributed by atoms with E-state index >= 15 is 0 Å². The zero-order valence-corrected chi connectivity index (χ0v) is 18.9. The smallest absolute Gasteiger partial charge is 0.264 e. The molecular weight excluding hydrogens is 467 g/mol. The maximum Gasteiger partial charge on any atom is 0.264 e. The van der Waals surface area contributed by atoms with Gasteiger partial charge in [-0.2, -0.15) is 0 Å². The van der Waals surface area contributed by atoms with Gasteiger partial charge >= 0.3 is 0 Å². The van der Waals surface area contributed by atoms with E-state index in [-0.39, 0.29) is 14.9 Å². The molecule has 1 N–H and O–H groups in total. The van der Waals surface area contributed by atoms with Crippen LogP contribution in [0.4, 0.5) is 11.4 Å². The number of nitrogens with zero attached hydrogens (tertiary/aromatic N) is 1. The van der Waals surface area contributed by atoms with E-state index in [0.717, 1.165) is 4.31 Å². The van der Waals surface area contributed by atoms with E-state index in [1.807, 2.05) is 0 Å². The van der Waals surface area contributed by atoms with Gasteiger partial charge in [-0.05, 0) is 55.0 Å². The van der Waals surface area contributed by atoms with Crippen molar-refractivity contribution in [3.05, 3.63) is 87.4 Å². The van der Waals surface area contributed by atoms with Crippen molar-refractivity contribution in [1.29, 1.82) is 0 Å². The molecule has 0 unspecified atom stereocenters. The van der Waals surface area contributed by atoms with Gasteiger partial charge in [0.05, 0.1) is 26.3 Å². The Labute approximate surface area is 190 Å². The summed E-state index contributed by atoms with van der Waals surface area (Å²) in [5.74, 6) is -0.576. The predicted octanol–water partition coefficient (Wildman–Crippen LogP) is 5.79. The number of carbonyl (C=O) groups is 1. The molecule has 0 bridgehead atoms. The topological polar surface area (TPSA) is 66.5 Å². The molecule has 156 valence electrons. The Kier molecular flexibility index (Phi) is 6.93. The number of hydrogen-bond donors (Lipinski definition) is 1. The normalized spacial score (nSPS) is 11.2. The van der Waals surface area contributed by atoms with Gasteiger partial charge < -0.3 is 5.32 Å². The monoisotopic (exact) mass is 482 g/mol. The molecule has 0 spiro atoms. The number of aryl methyl sites for hydroxylation is 1. The second kappa shape index (κ2) is 9.27. The van der Waals surface area contributed by atoms with E-state index in [1.54, 1.807) is 61.5 Å². The van der Waals surface area contributed by atoms with E-state index in [0.29, 0.717) is 22.0 Å².